The average molecular weight is 224 g/mol. The van der Waals surface area contributed by atoms with E-state index in [4.69, 9.17) is 5.73 Å². The second-order valence-corrected chi connectivity index (χ2v) is 5.02. The number of hydrogen-bond donors (Lipinski definition) is 1. The minimum atomic E-state index is -0.192. The van der Waals surface area contributed by atoms with E-state index < -0.39 is 0 Å². The van der Waals surface area contributed by atoms with Gasteiger partial charge < -0.3 is 10.6 Å². The van der Waals surface area contributed by atoms with Crippen LogP contribution in [0.15, 0.2) is 24.3 Å². The highest BCUT2D eigenvalue weighted by atomic mass is 19.1. The zero-order chi connectivity index (χ0) is 12.2. The summed E-state index contributed by atoms with van der Waals surface area (Å²) in [6, 6.07) is 6.66. The fourth-order valence-corrected chi connectivity index (χ4v) is 1.42. The van der Waals surface area contributed by atoms with E-state index in [9.17, 15) is 4.39 Å². The molecule has 0 unspecified atom stereocenters. The van der Waals surface area contributed by atoms with Gasteiger partial charge in [0.25, 0.3) is 0 Å². The SMILES string of the molecule is CN(CCC(C)(C)CN)c1cccc(F)c1. The van der Waals surface area contributed by atoms with Gasteiger partial charge in [0.1, 0.15) is 5.82 Å². The van der Waals surface area contributed by atoms with Crippen molar-refractivity contribution in [1.82, 2.24) is 0 Å². The first kappa shape index (κ1) is 13.0. The molecule has 0 aromatic heterocycles. The van der Waals surface area contributed by atoms with Crippen LogP contribution in [0.1, 0.15) is 20.3 Å². The van der Waals surface area contributed by atoms with Crippen LogP contribution in [0.2, 0.25) is 0 Å². The van der Waals surface area contributed by atoms with Gasteiger partial charge in [0.2, 0.25) is 0 Å². The number of halogens is 1. The monoisotopic (exact) mass is 224 g/mol. The van der Waals surface area contributed by atoms with E-state index in [1.807, 2.05) is 13.1 Å². The van der Waals surface area contributed by atoms with E-state index in [0.29, 0.717) is 6.54 Å². The molecule has 0 aliphatic rings. The maximum Gasteiger partial charge on any atom is 0.125 e. The molecule has 1 rings (SSSR count). The predicted molar refractivity (Wildman–Crippen MR) is 67.1 cm³/mol. The van der Waals surface area contributed by atoms with Crippen LogP contribution in [0.4, 0.5) is 10.1 Å². The van der Waals surface area contributed by atoms with Crippen molar-refractivity contribution in [3.05, 3.63) is 30.1 Å². The van der Waals surface area contributed by atoms with Gasteiger partial charge >= 0.3 is 0 Å². The Kier molecular flexibility index (Phi) is 4.30. The molecular weight excluding hydrogens is 203 g/mol. The lowest BCUT2D eigenvalue weighted by Gasteiger charge is -2.27. The summed E-state index contributed by atoms with van der Waals surface area (Å²) in [5.41, 5.74) is 6.73. The van der Waals surface area contributed by atoms with E-state index in [0.717, 1.165) is 18.7 Å². The second kappa shape index (κ2) is 5.30. The molecule has 0 aliphatic carbocycles. The Bertz CT molecular complexity index is 336. The van der Waals surface area contributed by atoms with Crippen LogP contribution in [-0.4, -0.2) is 20.1 Å². The largest absolute Gasteiger partial charge is 0.374 e. The standard InChI is InChI=1S/C13H21FN2/c1-13(2,10-15)7-8-16(3)12-6-4-5-11(14)9-12/h4-6,9H,7-8,10,15H2,1-3H3. The van der Waals surface area contributed by atoms with Crippen LogP contribution in [0.5, 0.6) is 0 Å². The van der Waals surface area contributed by atoms with Gasteiger partial charge in [-0.1, -0.05) is 19.9 Å². The van der Waals surface area contributed by atoms with Crippen LogP contribution in [0, 0.1) is 11.2 Å². The third-order valence-corrected chi connectivity index (χ3v) is 2.93. The molecule has 0 atom stereocenters. The van der Waals surface area contributed by atoms with Crippen molar-refractivity contribution < 1.29 is 4.39 Å². The number of benzene rings is 1. The van der Waals surface area contributed by atoms with Crippen LogP contribution in [0.3, 0.4) is 0 Å². The van der Waals surface area contributed by atoms with Crippen LogP contribution >= 0.6 is 0 Å². The van der Waals surface area contributed by atoms with E-state index in [-0.39, 0.29) is 11.2 Å². The molecule has 0 saturated heterocycles. The fraction of sp³-hybridized carbons (Fsp3) is 0.538. The molecule has 0 amide bonds. The van der Waals surface area contributed by atoms with E-state index in [1.165, 1.54) is 6.07 Å². The number of nitrogens with two attached hydrogens (primary N) is 1. The summed E-state index contributed by atoms with van der Waals surface area (Å²) in [7, 11) is 1.97. The van der Waals surface area contributed by atoms with Crippen molar-refractivity contribution in [2.24, 2.45) is 11.1 Å². The third kappa shape index (κ3) is 3.81. The quantitative estimate of drug-likeness (QED) is 0.833. The molecule has 0 radical (unpaired) electrons. The first-order chi connectivity index (χ1) is 7.44. The summed E-state index contributed by atoms with van der Waals surface area (Å²) in [5, 5.41) is 0. The molecule has 2 nitrogen and oxygen atoms in total. The summed E-state index contributed by atoms with van der Waals surface area (Å²) in [5.74, 6) is -0.192. The molecule has 1 aromatic rings. The fourth-order valence-electron chi connectivity index (χ4n) is 1.42. The van der Waals surface area contributed by atoms with E-state index in [2.05, 4.69) is 18.7 Å². The zero-order valence-electron chi connectivity index (χ0n) is 10.3. The zero-order valence-corrected chi connectivity index (χ0v) is 10.3. The number of rotatable bonds is 5. The van der Waals surface area contributed by atoms with Gasteiger partial charge in [-0.05, 0) is 36.6 Å². The maximum absolute atomic E-state index is 13.0. The summed E-state index contributed by atoms with van der Waals surface area (Å²) in [4.78, 5) is 2.06. The van der Waals surface area contributed by atoms with Gasteiger partial charge in [-0.25, -0.2) is 4.39 Å². The van der Waals surface area contributed by atoms with Crippen LogP contribution in [0.25, 0.3) is 0 Å². The van der Waals surface area contributed by atoms with Gasteiger partial charge in [-0.15, -0.1) is 0 Å². The number of nitrogens with zero attached hydrogens (tertiary/aromatic N) is 1. The van der Waals surface area contributed by atoms with Crippen molar-refractivity contribution in [1.29, 1.82) is 0 Å². The highest BCUT2D eigenvalue weighted by molar-refractivity contribution is 5.45. The predicted octanol–water partition coefficient (Wildman–Crippen LogP) is 2.64. The van der Waals surface area contributed by atoms with Crippen molar-refractivity contribution in [2.45, 2.75) is 20.3 Å². The molecule has 0 bridgehead atoms. The molecule has 3 heteroatoms. The maximum atomic E-state index is 13.0. The second-order valence-electron chi connectivity index (χ2n) is 5.02. The summed E-state index contributed by atoms with van der Waals surface area (Å²) in [6.07, 6.45) is 0.997. The molecule has 0 saturated carbocycles. The Morgan fingerprint density at radius 1 is 1.38 bits per heavy atom. The van der Waals surface area contributed by atoms with Gasteiger partial charge in [-0.2, -0.15) is 0 Å². The molecular formula is C13H21FN2. The van der Waals surface area contributed by atoms with Crippen molar-refractivity contribution in [3.8, 4) is 0 Å². The van der Waals surface area contributed by atoms with Crippen molar-refractivity contribution in [2.75, 3.05) is 25.0 Å². The Balaban J connectivity index is 2.56. The average Bonchev–Trinajstić information content (AvgIpc) is 2.26. The molecule has 0 aliphatic heterocycles. The van der Waals surface area contributed by atoms with Gasteiger partial charge in [0.05, 0.1) is 0 Å². The summed E-state index contributed by atoms with van der Waals surface area (Å²) in [6.45, 7) is 5.84. The summed E-state index contributed by atoms with van der Waals surface area (Å²) >= 11 is 0. The highest BCUT2D eigenvalue weighted by Crippen LogP contribution is 2.21. The first-order valence-electron chi connectivity index (χ1n) is 5.61. The van der Waals surface area contributed by atoms with E-state index >= 15 is 0 Å². The topological polar surface area (TPSA) is 29.3 Å². The molecule has 90 valence electrons. The van der Waals surface area contributed by atoms with Crippen LogP contribution < -0.4 is 10.6 Å². The minimum Gasteiger partial charge on any atom is -0.374 e. The Morgan fingerprint density at radius 2 is 2.06 bits per heavy atom. The Morgan fingerprint density at radius 3 is 2.62 bits per heavy atom. The lowest BCUT2D eigenvalue weighted by atomic mass is 9.89. The number of hydrogen-bond acceptors (Lipinski definition) is 2. The van der Waals surface area contributed by atoms with Gasteiger partial charge in [0.15, 0.2) is 0 Å². The Labute approximate surface area is 97.3 Å². The Hall–Kier alpha value is -1.09. The normalized spacial score (nSPS) is 11.6. The summed E-state index contributed by atoms with van der Waals surface area (Å²) < 4.78 is 13.0. The molecule has 16 heavy (non-hydrogen) atoms. The first-order valence-corrected chi connectivity index (χ1v) is 5.61. The van der Waals surface area contributed by atoms with Gasteiger partial charge in [0, 0.05) is 19.3 Å². The van der Waals surface area contributed by atoms with Crippen molar-refractivity contribution in [3.63, 3.8) is 0 Å². The number of anilines is 1. The van der Waals surface area contributed by atoms with E-state index in [1.54, 1.807) is 12.1 Å². The molecule has 1 aromatic carbocycles. The molecule has 2 N–H and O–H groups in total. The highest BCUT2D eigenvalue weighted by Gasteiger charge is 2.16. The van der Waals surface area contributed by atoms with Crippen LogP contribution in [-0.2, 0) is 0 Å². The molecule has 0 fully saturated rings. The lowest BCUT2D eigenvalue weighted by molar-refractivity contribution is 0.351. The third-order valence-electron chi connectivity index (χ3n) is 2.93. The van der Waals surface area contributed by atoms with Crippen molar-refractivity contribution >= 4 is 5.69 Å². The smallest absolute Gasteiger partial charge is 0.125 e. The molecule has 0 spiro atoms. The molecule has 0 heterocycles. The lowest BCUT2D eigenvalue weighted by Crippen LogP contribution is -2.29. The van der Waals surface area contributed by atoms with Gasteiger partial charge in [-0.3, -0.25) is 0 Å². The minimum absolute atomic E-state index is 0.140.